The predicted octanol–water partition coefficient (Wildman–Crippen LogP) is -2.91. The summed E-state index contributed by atoms with van der Waals surface area (Å²) >= 11 is 0. The molecule has 4 aromatic rings. The summed E-state index contributed by atoms with van der Waals surface area (Å²) in [7, 11) is 0. The molecule has 0 aliphatic rings. The van der Waals surface area contributed by atoms with E-state index in [4.69, 9.17) is 0 Å². The second kappa shape index (κ2) is 5.58. The number of tetrazole rings is 4. The Labute approximate surface area is 125 Å². The largest absolute Gasteiger partial charge is 0.242 e. The van der Waals surface area contributed by atoms with Gasteiger partial charge in [0.1, 0.15) is 0 Å². The minimum Gasteiger partial charge on any atom is -0.242 e. The topological polar surface area (TPSA) is 218 Å². The summed E-state index contributed by atoms with van der Waals surface area (Å²) in [5.41, 5.74) is 0. The Balaban J connectivity index is 1.71. The van der Waals surface area contributed by atoms with E-state index in [9.17, 15) is 0 Å². The molecule has 4 N–H and O–H groups in total. The highest BCUT2D eigenvalue weighted by atomic mass is 15.5. The third-order valence-electron chi connectivity index (χ3n) is 3.18. The van der Waals surface area contributed by atoms with Gasteiger partial charge in [0.25, 0.3) is 0 Å². The van der Waals surface area contributed by atoms with Crippen LogP contribution in [0.2, 0.25) is 0 Å². The van der Waals surface area contributed by atoms with Crippen LogP contribution in [0.25, 0.3) is 0 Å². The Morgan fingerprint density at radius 3 is 1.65 bits per heavy atom. The van der Waals surface area contributed by atoms with Crippen LogP contribution in [0, 0.1) is 0 Å². The molecule has 0 aliphatic heterocycles. The van der Waals surface area contributed by atoms with Gasteiger partial charge in [0, 0.05) is 0 Å². The first kappa shape index (κ1) is 13.0. The van der Waals surface area contributed by atoms with E-state index in [1.54, 1.807) is 0 Å². The third kappa shape index (κ3) is 2.47. The SMILES string of the molecule is C(C(c1nn[nH]n1)c1nn[nH]n1)C(c1nn[nH]n1)c1nnn[nH]1. The Hall–Kier alpha value is -3.72. The first-order valence-electron chi connectivity index (χ1n) is 6.35. The van der Waals surface area contributed by atoms with Crippen LogP contribution < -0.4 is 0 Å². The minimum absolute atomic E-state index is 0.371. The molecule has 4 heterocycles. The Kier molecular flexibility index (Phi) is 3.15. The molecule has 0 saturated heterocycles. The van der Waals surface area contributed by atoms with Crippen molar-refractivity contribution in [3.05, 3.63) is 23.3 Å². The summed E-state index contributed by atoms with van der Waals surface area (Å²) < 4.78 is 0. The summed E-state index contributed by atoms with van der Waals surface area (Å²) in [6.07, 6.45) is 0.371. The monoisotopic (exact) mass is 316 g/mol. The molecule has 1 atom stereocenters. The maximum atomic E-state index is 4.00. The molecule has 16 nitrogen and oxygen atoms in total. The van der Waals surface area contributed by atoms with Crippen LogP contribution in [-0.4, -0.2) is 82.5 Å². The lowest BCUT2D eigenvalue weighted by atomic mass is 9.92. The van der Waals surface area contributed by atoms with Gasteiger partial charge in [-0.3, -0.25) is 0 Å². The summed E-state index contributed by atoms with van der Waals surface area (Å²) in [6.45, 7) is 0. The number of aromatic amines is 4. The summed E-state index contributed by atoms with van der Waals surface area (Å²) in [5, 5.41) is 55.6. The van der Waals surface area contributed by atoms with Gasteiger partial charge in [-0.15, -0.1) is 35.7 Å². The second-order valence-corrected chi connectivity index (χ2v) is 4.44. The summed E-state index contributed by atoms with van der Waals surface area (Å²) in [5.74, 6) is 0.815. The van der Waals surface area contributed by atoms with Gasteiger partial charge < -0.3 is 0 Å². The molecule has 116 valence electrons. The van der Waals surface area contributed by atoms with Crippen LogP contribution in [0.4, 0.5) is 0 Å². The van der Waals surface area contributed by atoms with E-state index in [2.05, 4.69) is 82.5 Å². The summed E-state index contributed by atoms with van der Waals surface area (Å²) in [4.78, 5) is 0. The van der Waals surface area contributed by atoms with Crippen molar-refractivity contribution >= 4 is 0 Å². The molecular weight excluding hydrogens is 308 g/mol. The van der Waals surface area contributed by atoms with E-state index in [0.29, 0.717) is 29.7 Å². The number of nitrogens with one attached hydrogen (secondary N) is 4. The van der Waals surface area contributed by atoms with Gasteiger partial charge in [0.05, 0.1) is 11.8 Å². The van der Waals surface area contributed by atoms with Crippen LogP contribution in [0.3, 0.4) is 0 Å². The average molecular weight is 316 g/mol. The lowest BCUT2D eigenvalue weighted by Gasteiger charge is -2.14. The molecule has 0 aliphatic carbocycles. The van der Waals surface area contributed by atoms with E-state index in [1.165, 1.54) is 0 Å². The standard InChI is InChI=1S/C7H8N16/c1(2(4-8-16-17-9-4)5-10-18-19-11-5)3(6-12-20-21-13-6)7-14-22-23-15-7/h2-3H,1H2,(H,8,9,16,17)(H,10,11,18,19)(H,12,13,20,21)(H,14,15,22,23). The first-order valence-corrected chi connectivity index (χ1v) is 6.35. The number of nitrogens with zero attached hydrogens (tertiary/aromatic N) is 12. The molecular formula is C7H8N16. The normalized spacial score (nSPS) is 11.6. The van der Waals surface area contributed by atoms with Crippen molar-refractivity contribution in [2.45, 2.75) is 18.3 Å². The van der Waals surface area contributed by atoms with Crippen LogP contribution in [0.15, 0.2) is 0 Å². The van der Waals surface area contributed by atoms with E-state index >= 15 is 0 Å². The molecule has 1 unspecified atom stereocenters. The van der Waals surface area contributed by atoms with Crippen LogP contribution in [-0.2, 0) is 0 Å². The van der Waals surface area contributed by atoms with Gasteiger partial charge in [0.2, 0.25) is 0 Å². The highest BCUT2D eigenvalue weighted by Gasteiger charge is 2.32. The van der Waals surface area contributed by atoms with E-state index < -0.39 is 11.8 Å². The molecule has 4 aromatic heterocycles. The Morgan fingerprint density at radius 2 is 1.22 bits per heavy atom. The van der Waals surface area contributed by atoms with Crippen molar-refractivity contribution in [2.24, 2.45) is 0 Å². The molecule has 0 spiro atoms. The van der Waals surface area contributed by atoms with E-state index in [1.807, 2.05) is 0 Å². The van der Waals surface area contributed by atoms with Crippen LogP contribution in [0.5, 0.6) is 0 Å². The second-order valence-electron chi connectivity index (χ2n) is 4.44. The van der Waals surface area contributed by atoms with Crippen LogP contribution >= 0.6 is 0 Å². The quantitative estimate of drug-likeness (QED) is 0.281. The Morgan fingerprint density at radius 1 is 0.652 bits per heavy atom. The van der Waals surface area contributed by atoms with E-state index in [-0.39, 0.29) is 0 Å². The summed E-state index contributed by atoms with van der Waals surface area (Å²) in [6, 6.07) is 0. The number of aromatic nitrogens is 16. The molecule has 16 heteroatoms. The number of rotatable bonds is 6. The fourth-order valence-corrected chi connectivity index (χ4v) is 2.17. The molecule has 0 aromatic carbocycles. The van der Waals surface area contributed by atoms with Gasteiger partial charge in [-0.25, -0.2) is 5.10 Å². The maximum absolute atomic E-state index is 4.00. The molecule has 0 amide bonds. The van der Waals surface area contributed by atoms with Crippen molar-refractivity contribution in [1.82, 2.24) is 82.5 Å². The molecule has 0 bridgehead atoms. The molecule has 0 saturated carbocycles. The van der Waals surface area contributed by atoms with E-state index in [0.717, 1.165) is 0 Å². The number of hydrogen-bond donors (Lipinski definition) is 4. The number of H-pyrrole nitrogens is 4. The third-order valence-corrected chi connectivity index (χ3v) is 3.18. The smallest absolute Gasteiger partial charge is 0.185 e. The average Bonchev–Trinajstić information content (AvgIpc) is 3.35. The zero-order valence-electron chi connectivity index (χ0n) is 11.2. The van der Waals surface area contributed by atoms with Crippen molar-refractivity contribution in [2.75, 3.05) is 0 Å². The highest BCUT2D eigenvalue weighted by Crippen LogP contribution is 2.32. The first-order chi connectivity index (χ1) is 11.4. The zero-order chi connectivity index (χ0) is 15.5. The number of hydrogen-bond acceptors (Lipinski definition) is 12. The predicted molar refractivity (Wildman–Crippen MR) is 65.0 cm³/mol. The lowest BCUT2D eigenvalue weighted by Crippen LogP contribution is -2.15. The fourth-order valence-electron chi connectivity index (χ4n) is 2.17. The van der Waals surface area contributed by atoms with Gasteiger partial charge in [-0.05, 0) is 16.8 Å². The van der Waals surface area contributed by atoms with Crippen molar-refractivity contribution in [3.63, 3.8) is 0 Å². The van der Waals surface area contributed by atoms with Gasteiger partial charge in [-0.1, -0.05) is 15.6 Å². The lowest BCUT2D eigenvalue weighted by molar-refractivity contribution is 0.553. The van der Waals surface area contributed by atoms with Crippen LogP contribution in [0.1, 0.15) is 41.6 Å². The molecule has 0 radical (unpaired) electrons. The Bertz CT molecular complexity index is 659. The van der Waals surface area contributed by atoms with Gasteiger partial charge in [-0.2, -0.15) is 15.6 Å². The van der Waals surface area contributed by atoms with Crippen molar-refractivity contribution in [1.29, 1.82) is 0 Å². The molecule has 23 heavy (non-hydrogen) atoms. The minimum atomic E-state index is -0.430. The molecule has 4 rings (SSSR count). The molecule has 0 fully saturated rings. The van der Waals surface area contributed by atoms with Gasteiger partial charge >= 0.3 is 0 Å². The van der Waals surface area contributed by atoms with Gasteiger partial charge in [0.15, 0.2) is 23.3 Å². The fraction of sp³-hybridized carbons (Fsp3) is 0.429. The highest BCUT2D eigenvalue weighted by molar-refractivity contribution is 5.14. The maximum Gasteiger partial charge on any atom is 0.185 e. The zero-order valence-corrected chi connectivity index (χ0v) is 11.2. The van der Waals surface area contributed by atoms with Crippen molar-refractivity contribution in [3.8, 4) is 0 Å². The van der Waals surface area contributed by atoms with Crippen molar-refractivity contribution < 1.29 is 0 Å².